The van der Waals surface area contributed by atoms with Gasteiger partial charge in [-0.15, -0.1) is 0 Å². The molecule has 7 heteroatoms. The topological polar surface area (TPSA) is 71.3 Å². The van der Waals surface area contributed by atoms with Gasteiger partial charge in [-0.1, -0.05) is 12.1 Å². The molecule has 0 saturated carbocycles. The highest BCUT2D eigenvalue weighted by molar-refractivity contribution is 6.10. The van der Waals surface area contributed by atoms with Crippen LogP contribution in [0.4, 0.5) is 10.2 Å². The SMILES string of the molecule is Cc1nc(N2CCCC2)c2c(C(=O)NCc3ccc(F)cc3)c(C)oc2n1. The molecule has 27 heavy (non-hydrogen) atoms. The van der Waals surface area contributed by atoms with Gasteiger partial charge in [0.15, 0.2) is 0 Å². The quantitative estimate of drug-likeness (QED) is 0.763. The molecule has 3 heterocycles. The van der Waals surface area contributed by atoms with Crippen molar-refractivity contribution in [2.75, 3.05) is 18.0 Å². The molecule has 1 N–H and O–H groups in total. The number of furan rings is 1. The van der Waals surface area contributed by atoms with E-state index in [1.165, 1.54) is 12.1 Å². The van der Waals surface area contributed by atoms with Crippen molar-refractivity contribution in [3.05, 3.63) is 52.8 Å². The van der Waals surface area contributed by atoms with Crippen molar-refractivity contribution >= 4 is 22.8 Å². The van der Waals surface area contributed by atoms with Crippen LogP contribution in [0.25, 0.3) is 11.1 Å². The van der Waals surface area contributed by atoms with Gasteiger partial charge in [0.05, 0.1) is 10.9 Å². The predicted octanol–water partition coefficient (Wildman–Crippen LogP) is 3.51. The Labute approximate surface area is 156 Å². The van der Waals surface area contributed by atoms with Crippen LogP contribution < -0.4 is 10.2 Å². The van der Waals surface area contributed by atoms with Crippen LogP contribution in [0.1, 0.15) is 40.3 Å². The summed E-state index contributed by atoms with van der Waals surface area (Å²) in [7, 11) is 0. The van der Waals surface area contributed by atoms with Crippen molar-refractivity contribution in [3.63, 3.8) is 0 Å². The van der Waals surface area contributed by atoms with Crippen molar-refractivity contribution in [2.24, 2.45) is 0 Å². The third-order valence-corrected chi connectivity index (χ3v) is 4.82. The molecule has 1 amide bonds. The monoisotopic (exact) mass is 368 g/mol. The fourth-order valence-electron chi connectivity index (χ4n) is 3.50. The minimum atomic E-state index is -0.301. The molecule has 0 aliphatic carbocycles. The van der Waals surface area contributed by atoms with Crippen LogP contribution in [0.5, 0.6) is 0 Å². The second kappa shape index (κ2) is 6.98. The first-order valence-corrected chi connectivity index (χ1v) is 9.08. The zero-order valence-electron chi connectivity index (χ0n) is 15.4. The molecule has 1 fully saturated rings. The molecule has 1 aromatic carbocycles. The lowest BCUT2D eigenvalue weighted by Crippen LogP contribution is -2.25. The van der Waals surface area contributed by atoms with Gasteiger partial charge in [-0.3, -0.25) is 4.79 Å². The van der Waals surface area contributed by atoms with E-state index in [4.69, 9.17) is 4.42 Å². The maximum Gasteiger partial charge on any atom is 0.255 e. The number of hydrogen-bond acceptors (Lipinski definition) is 5. The first-order chi connectivity index (χ1) is 13.0. The second-order valence-corrected chi connectivity index (χ2v) is 6.81. The van der Waals surface area contributed by atoms with Gasteiger partial charge in [0.2, 0.25) is 5.71 Å². The lowest BCUT2D eigenvalue weighted by molar-refractivity contribution is 0.0951. The van der Waals surface area contributed by atoms with E-state index >= 15 is 0 Å². The standard InChI is InChI=1S/C20H21FN4O2/c1-12-16(19(26)22-11-14-5-7-15(21)8-6-14)17-18(25-9-3-4-10-25)23-13(2)24-20(17)27-12/h5-8H,3-4,9-11H2,1-2H3,(H,22,26). The molecule has 1 saturated heterocycles. The van der Waals surface area contributed by atoms with Crippen molar-refractivity contribution in [1.29, 1.82) is 0 Å². The number of fused-ring (bicyclic) bond motifs is 1. The lowest BCUT2D eigenvalue weighted by atomic mass is 10.1. The maximum atomic E-state index is 13.0. The molecule has 0 unspecified atom stereocenters. The van der Waals surface area contributed by atoms with Crippen LogP contribution in [-0.2, 0) is 6.54 Å². The number of nitrogens with zero attached hydrogens (tertiary/aromatic N) is 3. The van der Waals surface area contributed by atoms with E-state index < -0.39 is 0 Å². The van der Waals surface area contributed by atoms with Crippen molar-refractivity contribution in [3.8, 4) is 0 Å². The van der Waals surface area contributed by atoms with Gasteiger partial charge in [-0.25, -0.2) is 9.37 Å². The fourth-order valence-corrected chi connectivity index (χ4v) is 3.50. The van der Waals surface area contributed by atoms with Crippen LogP contribution >= 0.6 is 0 Å². The summed E-state index contributed by atoms with van der Waals surface area (Å²) in [6.07, 6.45) is 2.21. The molecule has 6 nitrogen and oxygen atoms in total. The minimum Gasteiger partial charge on any atom is -0.442 e. The molecule has 4 rings (SSSR count). The molecule has 0 bridgehead atoms. The van der Waals surface area contributed by atoms with Gasteiger partial charge in [0.1, 0.15) is 23.2 Å². The van der Waals surface area contributed by atoms with Crippen LogP contribution in [0.3, 0.4) is 0 Å². The molecular weight excluding hydrogens is 347 g/mol. The second-order valence-electron chi connectivity index (χ2n) is 6.81. The maximum absolute atomic E-state index is 13.0. The number of rotatable bonds is 4. The average molecular weight is 368 g/mol. The number of carbonyl (C=O) groups excluding carboxylic acids is 1. The van der Waals surface area contributed by atoms with Crippen LogP contribution in [0.2, 0.25) is 0 Å². The largest absolute Gasteiger partial charge is 0.442 e. The van der Waals surface area contributed by atoms with Gasteiger partial charge in [-0.05, 0) is 44.4 Å². The Morgan fingerprint density at radius 1 is 1.19 bits per heavy atom. The summed E-state index contributed by atoms with van der Waals surface area (Å²) in [6, 6.07) is 6.06. The number of anilines is 1. The van der Waals surface area contributed by atoms with Crippen molar-refractivity contribution in [1.82, 2.24) is 15.3 Å². The Bertz CT molecular complexity index is 991. The van der Waals surface area contributed by atoms with Crippen molar-refractivity contribution < 1.29 is 13.6 Å². The molecule has 0 spiro atoms. The summed E-state index contributed by atoms with van der Waals surface area (Å²) in [5.41, 5.74) is 1.73. The molecule has 1 aliphatic rings. The zero-order chi connectivity index (χ0) is 19.0. The first kappa shape index (κ1) is 17.5. The molecule has 140 valence electrons. The average Bonchev–Trinajstić information content (AvgIpc) is 3.27. The van der Waals surface area contributed by atoms with Gasteiger partial charge in [-0.2, -0.15) is 4.98 Å². The number of amides is 1. The van der Waals surface area contributed by atoms with E-state index in [9.17, 15) is 9.18 Å². The molecule has 3 aromatic rings. The van der Waals surface area contributed by atoms with E-state index in [1.807, 2.05) is 6.92 Å². The molecule has 0 radical (unpaired) electrons. The summed E-state index contributed by atoms with van der Waals surface area (Å²) in [4.78, 5) is 24.1. The summed E-state index contributed by atoms with van der Waals surface area (Å²) >= 11 is 0. The highest BCUT2D eigenvalue weighted by Crippen LogP contribution is 2.33. The lowest BCUT2D eigenvalue weighted by Gasteiger charge is -2.18. The first-order valence-electron chi connectivity index (χ1n) is 9.08. The number of carbonyl (C=O) groups is 1. The van der Waals surface area contributed by atoms with Gasteiger partial charge in [0.25, 0.3) is 5.91 Å². The third-order valence-electron chi connectivity index (χ3n) is 4.82. The zero-order valence-corrected chi connectivity index (χ0v) is 15.4. The van der Waals surface area contributed by atoms with Crippen LogP contribution in [0.15, 0.2) is 28.7 Å². The minimum absolute atomic E-state index is 0.247. The number of nitrogens with one attached hydrogen (secondary N) is 1. The normalized spacial score (nSPS) is 14.1. The van der Waals surface area contributed by atoms with E-state index in [-0.39, 0.29) is 11.7 Å². The molecule has 1 aliphatic heterocycles. The Hall–Kier alpha value is -2.96. The fraction of sp³-hybridized carbons (Fsp3) is 0.350. The number of halogens is 1. The van der Waals surface area contributed by atoms with E-state index in [2.05, 4.69) is 20.2 Å². The van der Waals surface area contributed by atoms with E-state index in [0.29, 0.717) is 34.8 Å². The molecular formula is C20H21FN4O2. The van der Waals surface area contributed by atoms with Crippen molar-refractivity contribution in [2.45, 2.75) is 33.2 Å². The third kappa shape index (κ3) is 3.37. The van der Waals surface area contributed by atoms with Crippen LogP contribution in [0, 0.1) is 19.7 Å². The Morgan fingerprint density at radius 2 is 1.89 bits per heavy atom. The predicted molar refractivity (Wildman–Crippen MR) is 100 cm³/mol. The molecule has 2 aromatic heterocycles. The highest BCUT2D eigenvalue weighted by Gasteiger charge is 2.26. The number of aryl methyl sites for hydroxylation is 2. The van der Waals surface area contributed by atoms with Gasteiger partial charge in [0, 0.05) is 19.6 Å². The summed E-state index contributed by atoms with van der Waals surface area (Å²) in [6.45, 7) is 5.71. The highest BCUT2D eigenvalue weighted by atomic mass is 19.1. The van der Waals surface area contributed by atoms with E-state index in [1.54, 1.807) is 19.1 Å². The number of hydrogen-bond donors (Lipinski definition) is 1. The van der Waals surface area contributed by atoms with Gasteiger partial charge < -0.3 is 14.6 Å². The summed E-state index contributed by atoms with van der Waals surface area (Å²) < 4.78 is 18.8. The smallest absolute Gasteiger partial charge is 0.255 e. The Kier molecular flexibility index (Phi) is 4.51. The number of aromatic nitrogens is 2. The number of benzene rings is 1. The summed E-state index contributed by atoms with van der Waals surface area (Å²) in [5, 5.41) is 3.55. The molecule has 0 atom stereocenters. The Morgan fingerprint density at radius 3 is 2.59 bits per heavy atom. The van der Waals surface area contributed by atoms with Gasteiger partial charge >= 0.3 is 0 Å². The van der Waals surface area contributed by atoms with Crippen LogP contribution in [-0.4, -0.2) is 29.0 Å². The summed E-state index contributed by atoms with van der Waals surface area (Å²) in [5.74, 6) is 1.35. The Balaban J connectivity index is 1.68. The van der Waals surface area contributed by atoms with E-state index in [0.717, 1.165) is 37.3 Å².